The van der Waals surface area contributed by atoms with Crippen LogP contribution in [0.3, 0.4) is 0 Å². The third kappa shape index (κ3) is 3.78. The quantitative estimate of drug-likeness (QED) is 0.650. The maximum Gasteiger partial charge on any atom is 0.409 e. The number of carbonyl (C=O) groups excluding carboxylic acids is 1. The Balaban J connectivity index is 3.07. The number of aryl methyl sites for hydroxylation is 1. The van der Waals surface area contributed by atoms with E-state index < -0.39 is 24.2 Å². The number of benzene rings is 1. The molecule has 9 heteroatoms. The van der Waals surface area contributed by atoms with Gasteiger partial charge in [-0.3, -0.25) is 4.79 Å². The van der Waals surface area contributed by atoms with Crippen molar-refractivity contribution in [3.63, 3.8) is 0 Å². The Morgan fingerprint density at radius 2 is 1.65 bits per heavy atom. The average molecular weight is 300 g/mol. The van der Waals surface area contributed by atoms with E-state index in [0.29, 0.717) is 0 Å². The summed E-state index contributed by atoms with van der Waals surface area (Å²) >= 11 is 0. The number of anilines is 2. The molecule has 0 aliphatic carbocycles. The molecule has 3 N–H and O–H groups in total. The van der Waals surface area contributed by atoms with Gasteiger partial charge in [0.15, 0.2) is 0 Å². The van der Waals surface area contributed by atoms with Crippen LogP contribution in [0.5, 0.6) is 0 Å². The minimum absolute atomic E-state index is 0.0986. The van der Waals surface area contributed by atoms with Crippen molar-refractivity contribution in [2.24, 2.45) is 5.92 Å². The molecule has 3 nitrogen and oxygen atoms in total. The number of nitrogen functional groups attached to an aromatic ring is 1. The van der Waals surface area contributed by atoms with Crippen LogP contribution in [0.4, 0.5) is 37.7 Å². The molecule has 0 aromatic heterocycles. The molecular weight excluding hydrogens is 290 g/mol. The van der Waals surface area contributed by atoms with Crippen LogP contribution >= 0.6 is 0 Å². The predicted octanol–water partition coefficient (Wildman–Crippen LogP) is 3.26. The maximum atomic E-state index is 12.3. The molecule has 1 aromatic carbocycles. The SMILES string of the molecule is Cc1ccc(N)cc1NC(=O)C(C(F)(F)F)C(F)(F)F. The fourth-order valence-corrected chi connectivity index (χ4v) is 1.46. The van der Waals surface area contributed by atoms with Crippen LogP contribution in [-0.2, 0) is 4.79 Å². The van der Waals surface area contributed by atoms with Gasteiger partial charge in [0.25, 0.3) is 0 Å². The van der Waals surface area contributed by atoms with E-state index in [1.165, 1.54) is 19.1 Å². The van der Waals surface area contributed by atoms with Crippen LogP contribution in [0.2, 0.25) is 0 Å². The van der Waals surface area contributed by atoms with Crippen molar-refractivity contribution in [1.82, 2.24) is 0 Å². The number of carbonyl (C=O) groups is 1. The van der Waals surface area contributed by atoms with E-state index in [-0.39, 0.29) is 16.9 Å². The zero-order valence-corrected chi connectivity index (χ0v) is 10.1. The van der Waals surface area contributed by atoms with Crippen LogP contribution in [0.15, 0.2) is 18.2 Å². The number of hydrogen-bond donors (Lipinski definition) is 2. The Morgan fingerprint density at radius 1 is 1.15 bits per heavy atom. The minimum Gasteiger partial charge on any atom is -0.399 e. The van der Waals surface area contributed by atoms with E-state index >= 15 is 0 Å². The number of alkyl halides is 6. The van der Waals surface area contributed by atoms with Crippen molar-refractivity contribution < 1.29 is 31.1 Å². The highest BCUT2D eigenvalue weighted by atomic mass is 19.4. The van der Waals surface area contributed by atoms with Gasteiger partial charge in [0, 0.05) is 11.4 Å². The number of rotatable bonds is 2. The average Bonchev–Trinajstić information content (AvgIpc) is 2.18. The highest BCUT2D eigenvalue weighted by Crippen LogP contribution is 2.40. The van der Waals surface area contributed by atoms with Gasteiger partial charge in [-0.15, -0.1) is 0 Å². The zero-order valence-electron chi connectivity index (χ0n) is 10.1. The number of amides is 1. The Hall–Kier alpha value is -1.93. The largest absolute Gasteiger partial charge is 0.409 e. The molecule has 1 aromatic rings. The lowest BCUT2D eigenvalue weighted by atomic mass is 10.1. The molecule has 0 aliphatic heterocycles. The smallest absolute Gasteiger partial charge is 0.399 e. The van der Waals surface area contributed by atoms with E-state index in [2.05, 4.69) is 0 Å². The number of nitrogens with two attached hydrogens (primary N) is 1. The summed E-state index contributed by atoms with van der Waals surface area (Å²) in [5, 5.41) is 1.61. The summed E-state index contributed by atoms with van der Waals surface area (Å²) < 4.78 is 74.1. The van der Waals surface area contributed by atoms with E-state index in [1.807, 2.05) is 0 Å². The molecule has 0 spiro atoms. The van der Waals surface area contributed by atoms with Crippen molar-refractivity contribution in [2.45, 2.75) is 19.3 Å². The molecule has 0 heterocycles. The first-order valence-electron chi connectivity index (χ1n) is 5.23. The van der Waals surface area contributed by atoms with Gasteiger partial charge in [-0.25, -0.2) is 0 Å². The number of hydrogen-bond acceptors (Lipinski definition) is 2. The summed E-state index contributed by atoms with van der Waals surface area (Å²) in [5.74, 6) is -6.28. The number of nitrogens with one attached hydrogen (secondary N) is 1. The van der Waals surface area contributed by atoms with Crippen molar-refractivity contribution in [3.05, 3.63) is 23.8 Å². The van der Waals surface area contributed by atoms with Crippen LogP contribution in [0.1, 0.15) is 5.56 Å². The van der Waals surface area contributed by atoms with E-state index in [9.17, 15) is 31.1 Å². The molecule has 0 radical (unpaired) electrons. The van der Waals surface area contributed by atoms with Gasteiger partial charge >= 0.3 is 12.4 Å². The van der Waals surface area contributed by atoms with Gasteiger partial charge in [-0.05, 0) is 24.6 Å². The first-order chi connectivity index (χ1) is 8.93. The molecule has 0 saturated heterocycles. The van der Waals surface area contributed by atoms with Gasteiger partial charge in [-0.2, -0.15) is 26.3 Å². The van der Waals surface area contributed by atoms with Crippen LogP contribution in [0, 0.1) is 12.8 Å². The molecular formula is C11H10F6N2O. The maximum absolute atomic E-state index is 12.3. The Morgan fingerprint density at radius 3 is 2.10 bits per heavy atom. The second-order valence-corrected chi connectivity index (χ2v) is 4.08. The molecule has 0 atom stereocenters. The predicted molar refractivity (Wildman–Crippen MR) is 59.8 cm³/mol. The molecule has 0 bridgehead atoms. The Bertz CT molecular complexity index is 495. The Kier molecular flexibility index (Phi) is 4.21. The lowest BCUT2D eigenvalue weighted by Gasteiger charge is -2.22. The van der Waals surface area contributed by atoms with Gasteiger partial charge in [0.2, 0.25) is 11.8 Å². The minimum atomic E-state index is -5.73. The summed E-state index contributed by atoms with van der Waals surface area (Å²) in [7, 11) is 0. The van der Waals surface area contributed by atoms with Crippen LogP contribution in [-0.4, -0.2) is 18.3 Å². The van der Waals surface area contributed by atoms with Crippen LogP contribution in [0.25, 0.3) is 0 Å². The molecule has 0 fully saturated rings. The lowest BCUT2D eigenvalue weighted by Crippen LogP contribution is -2.45. The van der Waals surface area contributed by atoms with E-state index in [0.717, 1.165) is 6.07 Å². The fraction of sp³-hybridized carbons (Fsp3) is 0.364. The van der Waals surface area contributed by atoms with Crippen molar-refractivity contribution >= 4 is 17.3 Å². The normalized spacial score (nSPS) is 12.6. The molecule has 1 amide bonds. The molecule has 0 unspecified atom stereocenters. The van der Waals surface area contributed by atoms with Gasteiger partial charge in [-0.1, -0.05) is 6.07 Å². The summed E-state index contributed by atoms with van der Waals surface area (Å²) in [6.45, 7) is 1.41. The highest BCUT2D eigenvalue weighted by Gasteiger charge is 2.61. The van der Waals surface area contributed by atoms with Crippen molar-refractivity contribution in [3.8, 4) is 0 Å². The van der Waals surface area contributed by atoms with Crippen LogP contribution < -0.4 is 11.1 Å². The second-order valence-electron chi connectivity index (χ2n) is 4.08. The third-order valence-corrected chi connectivity index (χ3v) is 2.44. The van der Waals surface area contributed by atoms with Crippen molar-refractivity contribution in [1.29, 1.82) is 0 Å². The standard InChI is InChI=1S/C11H10F6N2O/c1-5-2-3-6(18)4-7(5)19-9(20)8(10(12,13)14)11(15,16)17/h2-4,8H,18H2,1H3,(H,19,20). The molecule has 112 valence electrons. The summed E-state index contributed by atoms with van der Waals surface area (Å²) in [5.41, 5.74) is 5.54. The summed E-state index contributed by atoms with van der Waals surface area (Å²) in [6.07, 6.45) is -11.5. The summed E-state index contributed by atoms with van der Waals surface area (Å²) in [6, 6.07) is 3.84. The Labute approximate surface area is 109 Å². The van der Waals surface area contributed by atoms with Gasteiger partial charge in [0.1, 0.15) is 0 Å². The van der Waals surface area contributed by atoms with Crippen molar-refractivity contribution in [2.75, 3.05) is 11.1 Å². The molecule has 20 heavy (non-hydrogen) atoms. The zero-order chi connectivity index (χ0) is 15.7. The van der Waals surface area contributed by atoms with Gasteiger partial charge in [0.05, 0.1) is 0 Å². The highest BCUT2D eigenvalue weighted by molar-refractivity contribution is 5.94. The third-order valence-electron chi connectivity index (χ3n) is 2.44. The topological polar surface area (TPSA) is 55.1 Å². The molecule has 0 aliphatic rings. The van der Waals surface area contributed by atoms with E-state index in [4.69, 9.17) is 5.73 Å². The molecule has 0 saturated carbocycles. The van der Waals surface area contributed by atoms with Gasteiger partial charge < -0.3 is 11.1 Å². The first-order valence-corrected chi connectivity index (χ1v) is 5.23. The lowest BCUT2D eigenvalue weighted by molar-refractivity contribution is -0.272. The summed E-state index contributed by atoms with van der Waals surface area (Å²) in [4.78, 5) is 11.3. The first kappa shape index (κ1) is 16.1. The second kappa shape index (κ2) is 5.22. The molecule has 1 rings (SSSR count). The number of halogens is 6. The monoisotopic (exact) mass is 300 g/mol. The van der Waals surface area contributed by atoms with E-state index in [1.54, 1.807) is 5.32 Å². The fourth-order valence-electron chi connectivity index (χ4n) is 1.46.